The fourth-order valence-electron chi connectivity index (χ4n) is 3.62. The molecule has 0 spiro atoms. The summed E-state index contributed by atoms with van der Waals surface area (Å²) >= 11 is 6.61. The Balaban J connectivity index is 1.76. The summed E-state index contributed by atoms with van der Waals surface area (Å²) in [6.07, 6.45) is 3.51. The molecular formula is C25H25ClF2N5O2P. The zero-order valence-electron chi connectivity index (χ0n) is 20.2. The Morgan fingerprint density at radius 3 is 2.56 bits per heavy atom. The molecule has 4 aromatic heterocycles. The van der Waals surface area contributed by atoms with Crippen LogP contribution in [0, 0.1) is 18.6 Å². The van der Waals surface area contributed by atoms with E-state index in [2.05, 4.69) is 25.3 Å². The number of nitrogens with zero attached hydrogens (tertiary/aromatic N) is 4. The summed E-state index contributed by atoms with van der Waals surface area (Å²) in [4.78, 5) is 17.3. The molecule has 0 unspecified atom stereocenters. The van der Waals surface area contributed by atoms with E-state index in [0.717, 1.165) is 0 Å². The van der Waals surface area contributed by atoms with Crippen molar-refractivity contribution in [2.45, 2.75) is 26.3 Å². The number of anilines is 1. The molecule has 11 heteroatoms. The van der Waals surface area contributed by atoms with Crippen LogP contribution in [-0.4, -0.2) is 39.6 Å². The number of aromatic nitrogens is 4. The Bertz CT molecular complexity index is 1460. The molecule has 0 saturated carbocycles. The summed E-state index contributed by atoms with van der Waals surface area (Å²) in [5, 5.41) is 3.55. The number of aryl methyl sites for hydroxylation is 1. The van der Waals surface area contributed by atoms with Gasteiger partial charge in [-0.1, -0.05) is 18.5 Å². The number of halogens is 3. The first-order valence-electron chi connectivity index (χ1n) is 11.2. The van der Waals surface area contributed by atoms with Gasteiger partial charge in [0.25, 0.3) is 0 Å². The fraction of sp³-hybridized carbons (Fsp3) is 0.280. The van der Waals surface area contributed by atoms with E-state index in [1.807, 2.05) is 6.92 Å². The van der Waals surface area contributed by atoms with Crippen LogP contribution < -0.4 is 10.1 Å². The predicted octanol–water partition coefficient (Wildman–Crippen LogP) is 6.85. The van der Waals surface area contributed by atoms with Crippen LogP contribution >= 0.6 is 18.7 Å². The number of hydrogen-bond donors (Lipinski definition) is 1. The average Bonchev–Trinajstić information content (AvgIpc) is 2.84. The lowest BCUT2D eigenvalue weighted by Gasteiger charge is -2.21. The largest absolute Gasteiger partial charge is 0.470 e. The Morgan fingerprint density at radius 2 is 1.92 bits per heavy atom. The second-order valence-electron chi connectivity index (χ2n) is 8.78. The van der Waals surface area contributed by atoms with Crippen molar-refractivity contribution in [1.82, 2.24) is 19.9 Å². The molecule has 7 nitrogen and oxygen atoms in total. The van der Waals surface area contributed by atoms with Crippen LogP contribution in [0.5, 0.6) is 5.88 Å². The molecule has 188 valence electrons. The summed E-state index contributed by atoms with van der Waals surface area (Å²) < 4.78 is 46.9. The first kappa shape index (κ1) is 25.9. The molecule has 1 atom stereocenters. The van der Waals surface area contributed by atoms with Crippen LogP contribution in [0.25, 0.3) is 22.3 Å². The van der Waals surface area contributed by atoms with Crippen LogP contribution in [0.1, 0.15) is 30.8 Å². The van der Waals surface area contributed by atoms with Gasteiger partial charge in [-0.25, -0.2) is 23.7 Å². The molecule has 4 rings (SSSR count). The number of hydrogen-bond acceptors (Lipinski definition) is 7. The maximum absolute atomic E-state index is 15.1. The van der Waals surface area contributed by atoms with Gasteiger partial charge in [0.1, 0.15) is 30.5 Å². The summed E-state index contributed by atoms with van der Waals surface area (Å²) in [6.45, 7) is 6.83. The third kappa shape index (κ3) is 5.63. The molecule has 0 aliphatic rings. The number of nitrogens with one attached hydrogen (secondary N) is 1. The molecule has 0 aliphatic heterocycles. The number of pyridine rings is 4. The molecule has 0 amide bonds. The summed E-state index contributed by atoms with van der Waals surface area (Å²) in [5.74, 6) is -0.763. The van der Waals surface area contributed by atoms with Crippen LogP contribution in [0.3, 0.4) is 0 Å². The molecule has 0 saturated heterocycles. The van der Waals surface area contributed by atoms with Crippen LogP contribution in [0.15, 0.2) is 42.7 Å². The first-order valence-corrected chi connectivity index (χ1v) is 14.4. The van der Waals surface area contributed by atoms with Gasteiger partial charge in [0.05, 0.1) is 33.7 Å². The quantitative estimate of drug-likeness (QED) is 0.249. The Labute approximate surface area is 212 Å². The lowest BCUT2D eigenvalue weighted by atomic mass is 10.1. The fourth-order valence-corrected chi connectivity index (χ4v) is 4.25. The minimum Gasteiger partial charge on any atom is -0.470 e. The molecule has 36 heavy (non-hydrogen) atoms. The Hall–Kier alpha value is -3.16. The number of fused-ring (bicyclic) bond motifs is 1. The van der Waals surface area contributed by atoms with Gasteiger partial charge in [0, 0.05) is 30.1 Å². The van der Waals surface area contributed by atoms with Gasteiger partial charge >= 0.3 is 0 Å². The van der Waals surface area contributed by atoms with Gasteiger partial charge < -0.3 is 14.6 Å². The van der Waals surface area contributed by atoms with Gasteiger partial charge in [-0.05, 0) is 44.9 Å². The maximum Gasteiger partial charge on any atom is 0.213 e. The maximum atomic E-state index is 15.1. The van der Waals surface area contributed by atoms with Crippen molar-refractivity contribution in [2.75, 3.05) is 25.0 Å². The highest BCUT2D eigenvalue weighted by Crippen LogP contribution is 2.38. The summed E-state index contributed by atoms with van der Waals surface area (Å²) in [6, 6.07) is 6.82. The summed E-state index contributed by atoms with van der Waals surface area (Å²) in [5.41, 5.74) is 2.20. The standard InChI is InChI=1S/C25H25ClF2N5O2P/c1-5-18(23-16(27)7-6-10-29-23)32-25-21(26)14(2)31-19-11-17(28)22(33-24(19)25)15-8-9-20(30-12-15)35-13-36(3,4)34/h6-12,18H,5,13H2,1-4H3,(H,31,32)/t18-/m1/s1. The van der Waals surface area contributed by atoms with Crippen LogP contribution in [0.4, 0.5) is 14.5 Å². The SMILES string of the molecule is CC[C@@H](Nc1c(Cl)c(C)nc2cc(F)c(-c3ccc(OCP(C)(C)=O)nc3)nc12)c1ncccc1F. The average molecular weight is 532 g/mol. The van der Waals surface area contributed by atoms with Gasteiger partial charge in [0.2, 0.25) is 5.88 Å². The predicted molar refractivity (Wildman–Crippen MR) is 138 cm³/mol. The molecule has 0 radical (unpaired) electrons. The first-order chi connectivity index (χ1) is 17.1. The molecule has 4 heterocycles. The van der Waals surface area contributed by atoms with Gasteiger partial charge in [-0.15, -0.1) is 0 Å². The number of rotatable bonds is 8. The highest BCUT2D eigenvalue weighted by Gasteiger charge is 2.22. The van der Waals surface area contributed by atoms with Crippen molar-refractivity contribution in [2.24, 2.45) is 0 Å². The van der Waals surface area contributed by atoms with E-state index in [1.165, 1.54) is 30.6 Å². The van der Waals surface area contributed by atoms with E-state index in [4.69, 9.17) is 16.3 Å². The molecule has 0 fully saturated rings. The van der Waals surface area contributed by atoms with E-state index in [0.29, 0.717) is 39.4 Å². The second-order valence-corrected chi connectivity index (χ2v) is 12.6. The molecular weight excluding hydrogens is 507 g/mol. The van der Waals surface area contributed by atoms with E-state index in [9.17, 15) is 8.96 Å². The zero-order chi connectivity index (χ0) is 26.0. The molecule has 4 aromatic rings. The van der Waals surface area contributed by atoms with Crippen molar-refractivity contribution in [3.63, 3.8) is 0 Å². The Kier molecular flexibility index (Phi) is 7.52. The third-order valence-corrected chi connectivity index (χ3v) is 6.61. The lowest BCUT2D eigenvalue weighted by molar-refractivity contribution is 0.363. The van der Waals surface area contributed by atoms with E-state index in [1.54, 1.807) is 32.4 Å². The minimum atomic E-state index is -2.38. The molecule has 0 aliphatic carbocycles. The minimum absolute atomic E-state index is 0.0417. The Morgan fingerprint density at radius 1 is 1.14 bits per heavy atom. The summed E-state index contributed by atoms with van der Waals surface area (Å²) in [7, 11) is -2.38. The molecule has 1 N–H and O–H groups in total. The third-order valence-electron chi connectivity index (χ3n) is 5.39. The highest BCUT2D eigenvalue weighted by molar-refractivity contribution is 7.62. The van der Waals surface area contributed by atoms with E-state index >= 15 is 4.39 Å². The van der Waals surface area contributed by atoms with Crippen molar-refractivity contribution in [3.05, 3.63) is 70.8 Å². The second kappa shape index (κ2) is 10.4. The van der Waals surface area contributed by atoms with Crippen molar-refractivity contribution >= 4 is 35.5 Å². The number of ether oxygens (including phenoxy) is 1. The highest BCUT2D eigenvalue weighted by atomic mass is 35.5. The van der Waals surface area contributed by atoms with Crippen molar-refractivity contribution in [3.8, 4) is 17.1 Å². The van der Waals surface area contributed by atoms with Gasteiger partial charge in [0.15, 0.2) is 5.82 Å². The molecule has 0 bridgehead atoms. The van der Waals surface area contributed by atoms with Crippen molar-refractivity contribution < 1.29 is 18.1 Å². The lowest BCUT2D eigenvalue weighted by Crippen LogP contribution is -2.15. The van der Waals surface area contributed by atoms with Crippen LogP contribution in [0.2, 0.25) is 5.02 Å². The van der Waals surface area contributed by atoms with E-state index < -0.39 is 24.8 Å². The normalized spacial score (nSPS) is 12.5. The van der Waals surface area contributed by atoms with Crippen LogP contribution in [-0.2, 0) is 4.57 Å². The van der Waals surface area contributed by atoms with E-state index in [-0.39, 0.29) is 23.6 Å². The molecule has 0 aromatic carbocycles. The van der Waals surface area contributed by atoms with Gasteiger partial charge in [-0.2, -0.15) is 0 Å². The van der Waals surface area contributed by atoms with Gasteiger partial charge in [-0.3, -0.25) is 4.98 Å². The monoisotopic (exact) mass is 531 g/mol. The topological polar surface area (TPSA) is 89.9 Å². The smallest absolute Gasteiger partial charge is 0.213 e. The zero-order valence-corrected chi connectivity index (χ0v) is 21.9. The van der Waals surface area contributed by atoms with Crippen molar-refractivity contribution in [1.29, 1.82) is 0 Å².